The monoisotopic (exact) mass is 333 g/mol. The van der Waals surface area contributed by atoms with Gasteiger partial charge in [0, 0.05) is 23.7 Å². The van der Waals surface area contributed by atoms with Crippen molar-refractivity contribution in [2.75, 3.05) is 0 Å². The number of carboxylic acids is 1. The van der Waals surface area contributed by atoms with E-state index in [9.17, 15) is 14.7 Å². The summed E-state index contributed by atoms with van der Waals surface area (Å²) in [6, 6.07) is 11.1. The Labute approximate surface area is 164 Å². The largest absolute Gasteiger partial charge is 1.00 e. The van der Waals surface area contributed by atoms with Crippen molar-refractivity contribution < 1.29 is 44.3 Å². The van der Waals surface area contributed by atoms with E-state index in [1.807, 2.05) is 35.8 Å². The number of nitrogens with zero attached hydrogens (tertiary/aromatic N) is 1. The molecular weight excluding hydrogens is 313 g/mol. The molecule has 0 N–H and O–H groups in total. The van der Waals surface area contributed by atoms with E-state index in [4.69, 9.17) is 0 Å². The molecule has 1 aromatic carbocycles. The number of aromatic nitrogens is 1. The normalized spacial score (nSPS) is 16.6. The molecule has 0 radical (unpaired) electrons. The van der Waals surface area contributed by atoms with Crippen LogP contribution in [0, 0.1) is 0 Å². The Bertz CT molecular complexity index is 737. The molecule has 0 fully saturated rings. The maximum atomic E-state index is 13.0. The van der Waals surface area contributed by atoms with E-state index >= 15 is 0 Å². The molecule has 2 aromatic rings. The van der Waals surface area contributed by atoms with Crippen LogP contribution < -0.4 is 34.7 Å². The van der Waals surface area contributed by atoms with Crippen LogP contribution >= 0.6 is 0 Å². The molecule has 4 nitrogen and oxygen atoms in total. The van der Waals surface area contributed by atoms with Gasteiger partial charge in [-0.25, -0.2) is 0 Å². The maximum absolute atomic E-state index is 13.0. The number of carbonyl (C=O) groups is 2. The van der Waals surface area contributed by atoms with Crippen LogP contribution in [0.1, 0.15) is 59.4 Å². The third kappa shape index (κ3) is 3.51. The number of fused-ring (bicyclic) bond motifs is 1. The van der Waals surface area contributed by atoms with Crippen LogP contribution in [0.5, 0.6) is 0 Å². The Kier molecular flexibility index (Phi) is 6.44. The Balaban J connectivity index is 0.00000208. The number of ketones is 1. The SMILES string of the molecule is CCc1cc2n(c1C(=O)c1ccccc1)CCCCC2C(=O)[O-].[Na+]. The van der Waals surface area contributed by atoms with Crippen molar-refractivity contribution in [1.29, 1.82) is 0 Å². The predicted molar refractivity (Wildman–Crippen MR) is 85.3 cm³/mol. The number of hydrogen-bond donors (Lipinski definition) is 0. The maximum Gasteiger partial charge on any atom is 1.00 e. The second-order valence-electron chi connectivity index (χ2n) is 6.01. The number of aryl methyl sites for hydroxylation is 1. The molecule has 5 heteroatoms. The van der Waals surface area contributed by atoms with Crippen molar-refractivity contribution in [2.24, 2.45) is 0 Å². The Morgan fingerprint density at radius 1 is 1.21 bits per heavy atom. The van der Waals surface area contributed by atoms with E-state index in [1.165, 1.54) is 0 Å². The fourth-order valence-corrected chi connectivity index (χ4v) is 3.43. The van der Waals surface area contributed by atoms with Gasteiger partial charge in [-0.1, -0.05) is 43.7 Å². The van der Waals surface area contributed by atoms with Gasteiger partial charge in [-0.3, -0.25) is 4.79 Å². The minimum atomic E-state index is -1.05. The third-order valence-corrected chi connectivity index (χ3v) is 4.61. The molecule has 0 spiro atoms. The minimum absolute atomic E-state index is 0. The van der Waals surface area contributed by atoms with Gasteiger partial charge in [-0.2, -0.15) is 0 Å². The van der Waals surface area contributed by atoms with Gasteiger partial charge in [-0.15, -0.1) is 0 Å². The molecule has 120 valence electrons. The van der Waals surface area contributed by atoms with Crippen molar-refractivity contribution in [1.82, 2.24) is 4.57 Å². The molecule has 1 aromatic heterocycles. The van der Waals surface area contributed by atoms with E-state index in [1.54, 1.807) is 12.1 Å². The zero-order valence-corrected chi connectivity index (χ0v) is 16.2. The minimum Gasteiger partial charge on any atom is -0.549 e. The van der Waals surface area contributed by atoms with E-state index in [2.05, 4.69) is 0 Å². The molecule has 1 aliphatic heterocycles. The van der Waals surface area contributed by atoms with Gasteiger partial charge >= 0.3 is 29.6 Å². The molecular formula is C19H20NNaO3. The van der Waals surface area contributed by atoms with Crippen molar-refractivity contribution in [3.63, 3.8) is 0 Å². The number of carboxylic acid groups (broad SMARTS) is 1. The topological polar surface area (TPSA) is 62.1 Å². The molecule has 0 saturated heterocycles. The summed E-state index contributed by atoms with van der Waals surface area (Å²) in [5.41, 5.74) is 2.92. The molecule has 1 atom stereocenters. The summed E-state index contributed by atoms with van der Waals surface area (Å²) in [6.07, 6.45) is 2.99. The van der Waals surface area contributed by atoms with Crippen molar-refractivity contribution >= 4 is 11.8 Å². The fraction of sp³-hybridized carbons (Fsp3) is 0.368. The van der Waals surface area contributed by atoms with E-state index in [0.717, 1.165) is 24.1 Å². The van der Waals surface area contributed by atoms with Gasteiger partial charge in [0.2, 0.25) is 5.78 Å². The Hall–Kier alpha value is -1.36. The quantitative estimate of drug-likeness (QED) is 0.549. The number of benzene rings is 1. The molecule has 2 heterocycles. The van der Waals surface area contributed by atoms with Crippen LogP contribution in [-0.2, 0) is 17.8 Å². The van der Waals surface area contributed by atoms with Crippen LogP contribution in [0.2, 0.25) is 0 Å². The van der Waals surface area contributed by atoms with E-state index < -0.39 is 11.9 Å². The van der Waals surface area contributed by atoms with Crippen LogP contribution in [0.15, 0.2) is 36.4 Å². The predicted octanol–water partition coefficient (Wildman–Crippen LogP) is -0.697. The van der Waals surface area contributed by atoms with Gasteiger partial charge in [0.25, 0.3) is 0 Å². The first kappa shape index (κ1) is 19.0. The molecule has 0 bridgehead atoms. The Morgan fingerprint density at radius 3 is 2.54 bits per heavy atom. The van der Waals surface area contributed by atoms with Gasteiger partial charge in [0.15, 0.2) is 0 Å². The molecule has 0 saturated carbocycles. The number of rotatable bonds is 4. The van der Waals surface area contributed by atoms with Crippen molar-refractivity contribution in [2.45, 2.75) is 45.1 Å². The van der Waals surface area contributed by atoms with E-state index in [0.29, 0.717) is 30.6 Å². The van der Waals surface area contributed by atoms with Gasteiger partial charge in [0.1, 0.15) is 0 Å². The zero-order chi connectivity index (χ0) is 16.4. The first-order valence-electron chi connectivity index (χ1n) is 8.16. The smallest absolute Gasteiger partial charge is 0.549 e. The molecule has 3 rings (SSSR count). The molecule has 0 amide bonds. The molecule has 24 heavy (non-hydrogen) atoms. The second kappa shape index (κ2) is 8.15. The summed E-state index contributed by atoms with van der Waals surface area (Å²) in [6.45, 7) is 2.68. The number of carbonyl (C=O) groups excluding carboxylic acids is 2. The average molecular weight is 333 g/mol. The average Bonchev–Trinajstić information content (AvgIpc) is 2.80. The number of aliphatic carboxylic acids is 1. The summed E-state index contributed by atoms with van der Waals surface area (Å²) >= 11 is 0. The molecule has 1 aliphatic rings. The van der Waals surface area contributed by atoms with Crippen LogP contribution in [-0.4, -0.2) is 16.3 Å². The first-order valence-corrected chi connectivity index (χ1v) is 8.16. The van der Waals surface area contributed by atoms with Crippen molar-refractivity contribution in [3.8, 4) is 0 Å². The van der Waals surface area contributed by atoms with Crippen LogP contribution in [0.25, 0.3) is 0 Å². The van der Waals surface area contributed by atoms with Gasteiger partial charge < -0.3 is 14.5 Å². The molecule has 0 aliphatic carbocycles. The first-order chi connectivity index (χ1) is 11.1. The summed E-state index contributed by atoms with van der Waals surface area (Å²) < 4.78 is 1.92. The van der Waals surface area contributed by atoms with E-state index in [-0.39, 0.29) is 35.3 Å². The zero-order valence-electron chi connectivity index (χ0n) is 14.2. The summed E-state index contributed by atoms with van der Waals surface area (Å²) in [5, 5.41) is 11.5. The molecule has 1 unspecified atom stereocenters. The van der Waals surface area contributed by atoms with Crippen LogP contribution in [0.4, 0.5) is 0 Å². The standard InChI is InChI=1S/C19H21NO3.Na/c1-2-13-12-16-15(19(22)23)10-6-7-11-20(16)17(13)18(21)14-8-4-3-5-9-14;/h3-5,8-9,12,15H,2,6-7,10-11H2,1H3,(H,22,23);/q;+1/p-1. The summed E-state index contributed by atoms with van der Waals surface area (Å²) in [5.74, 6) is -1.71. The van der Waals surface area contributed by atoms with Crippen molar-refractivity contribution in [3.05, 3.63) is 58.9 Å². The third-order valence-electron chi connectivity index (χ3n) is 4.61. The summed E-state index contributed by atoms with van der Waals surface area (Å²) in [7, 11) is 0. The van der Waals surface area contributed by atoms with Gasteiger partial charge in [0.05, 0.1) is 11.7 Å². The fourth-order valence-electron chi connectivity index (χ4n) is 3.43. The second-order valence-corrected chi connectivity index (χ2v) is 6.01. The van der Waals surface area contributed by atoms with Crippen LogP contribution in [0.3, 0.4) is 0 Å². The Morgan fingerprint density at radius 2 is 1.92 bits per heavy atom. The van der Waals surface area contributed by atoms with Gasteiger partial charge in [-0.05, 0) is 30.9 Å². The summed E-state index contributed by atoms with van der Waals surface area (Å²) in [4.78, 5) is 24.5. The number of hydrogen-bond acceptors (Lipinski definition) is 3.